The molecule has 2 aromatic heterocycles. The highest BCUT2D eigenvalue weighted by Crippen LogP contribution is 2.08. The Balaban J connectivity index is 1.94. The molecular formula is C13H16N4O2. The zero-order chi connectivity index (χ0) is 13.5. The number of carbonyl (C=O) groups is 1. The van der Waals surface area contributed by atoms with Gasteiger partial charge in [-0.15, -0.1) is 0 Å². The fourth-order valence-electron chi connectivity index (χ4n) is 1.52. The maximum atomic E-state index is 11.9. The molecule has 0 saturated carbocycles. The van der Waals surface area contributed by atoms with Crippen LogP contribution in [0, 0.1) is 0 Å². The molecule has 0 unspecified atom stereocenters. The average Bonchev–Trinajstić information content (AvgIpc) is 2.96. The molecule has 6 heteroatoms. The van der Waals surface area contributed by atoms with E-state index in [1.165, 1.54) is 6.26 Å². The minimum atomic E-state index is -0.233. The first kappa shape index (κ1) is 13.1. The topological polar surface area (TPSA) is 80.0 Å². The largest absolute Gasteiger partial charge is 0.385 e. The minimum Gasteiger partial charge on any atom is -0.385 e. The van der Waals surface area contributed by atoms with Gasteiger partial charge in [-0.05, 0) is 18.6 Å². The second-order valence-corrected chi connectivity index (χ2v) is 4.03. The van der Waals surface area contributed by atoms with Gasteiger partial charge in [-0.3, -0.25) is 9.78 Å². The standard InChI is InChI=1S/C13H16N4O2/c1-2-5-14-10-3-6-15-12(8-10)13(18)16-9-11-4-7-19-17-11/h3-4,6-8H,2,5,9H2,1H3,(H,14,15)(H,16,18). The van der Waals surface area contributed by atoms with Crippen molar-refractivity contribution in [3.8, 4) is 0 Å². The first-order valence-electron chi connectivity index (χ1n) is 6.17. The van der Waals surface area contributed by atoms with Crippen molar-refractivity contribution in [2.24, 2.45) is 0 Å². The summed E-state index contributed by atoms with van der Waals surface area (Å²) in [4.78, 5) is 16.0. The van der Waals surface area contributed by atoms with Gasteiger partial charge < -0.3 is 15.2 Å². The Kier molecular flexibility index (Phi) is 4.49. The third-order valence-corrected chi connectivity index (χ3v) is 2.49. The number of aromatic nitrogens is 2. The first-order valence-corrected chi connectivity index (χ1v) is 6.17. The molecule has 19 heavy (non-hydrogen) atoms. The molecule has 0 atom stereocenters. The Labute approximate surface area is 111 Å². The summed E-state index contributed by atoms with van der Waals surface area (Å²) in [5.74, 6) is -0.233. The van der Waals surface area contributed by atoms with Crippen LogP contribution in [0.2, 0.25) is 0 Å². The summed E-state index contributed by atoms with van der Waals surface area (Å²) < 4.78 is 4.69. The van der Waals surface area contributed by atoms with Crippen LogP contribution in [0.3, 0.4) is 0 Å². The van der Waals surface area contributed by atoms with Crippen LogP contribution >= 0.6 is 0 Å². The number of amides is 1. The van der Waals surface area contributed by atoms with Gasteiger partial charge in [0.25, 0.3) is 5.91 Å². The van der Waals surface area contributed by atoms with E-state index in [9.17, 15) is 4.79 Å². The van der Waals surface area contributed by atoms with Gasteiger partial charge in [0.2, 0.25) is 0 Å². The molecule has 0 aromatic carbocycles. The van der Waals surface area contributed by atoms with E-state index in [-0.39, 0.29) is 5.91 Å². The maximum absolute atomic E-state index is 11.9. The number of pyridine rings is 1. The van der Waals surface area contributed by atoms with E-state index >= 15 is 0 Å². The van der Waals surface area contributed by atoms with Crippen LogP contribution in [0.5, 0.6) is 0 Å². The van der Waals surface area contributed by atoms with Gasteiger partial charge in [0, 0.05) is 24.5 Å². The summed E-state index contributed by atoms with van der Waals surface area (Å²) >= 11 is 0. The lowest BCUT2D eigenvalue weighted by Crippen LogP contribution is -2.24. The van der Waals surface area contributed by atoms with Crippen LogP contribution in [0.1, 0.15) is 29.5 Å². The highest BCUT2D eigenvalue weighted by molar-refractivity contribution is 5.93. The van der Waals surface area contributed by atoms with Gasteiger partial charge in [0.1, 0.15) is 17.7 Å². The molecule has 100 valence electrons. The molecule has 0 radical (unpaired) electrons. The highest BCUT2D eigenvalue weighted by atomic mass is 16.5. The molecule has 1 amide bonds. The summed E-state index contributed by atoms with van der Waals surface area (Å²) in [7, 11) is 0. The van der Waals surface area contributed by atoms with Crippen LogP contribution in [0.25, 0.3) is 0 Å². The number of nitrogens with zero attached hydrogens (tertiary/aromatic N) is 2. The molecule has 0 bridgehead atoms. The second-order valence-electron chi connectivity index (χ2n) is 4.03. The van der Waals surface area contributed by atoms with E-state index in [0.29, 0.717) is 17.9 Å². The van der Waals surface area contributed by atoms with Crippen LogP contribution in [-0.2, 0) is 6.54 Å². The molecule has 0 aliphatic heterocycles. The van der Waals surface area contributed by atoms with Gasteiger partial charge in [0.05, 0.1) is 6.54 Å². The Bertz CT molecular complexity index is 525. The van der Waals surface area contributed by atoms with Crippen molar-refractivity contribution in [1.82, 2.24) is 15.5 Å². The van der Waals surface area contributed by atoms with Crippen LogP contribution in [-0.4, -0.2) is 22.6 Å². The van der Waals surface area contributed by atoms with E-state index in [1.54, 1.807) is 18.3 Å². The maximum Gasteiger partial charge on any atom is 0.270 e. The third-order valence-electron chi connectivity index (χ3n) is 2.49. The van der Waals surface area contributed by atoms with E-state index < -0.39 is 0 Å². The molecule has 2 rings (SSSR count). The molecule has 2 aromatic rings. The van der Waals surface area contributed by atoms with E-state index in [4.69, 9.17) is 0 Å². The molecule has 0 aliphatic rings. The quantitative estimate of drug-likeness (QED) is 0.828. The van der Waals surface area contributed by atoms with Crippen LogP contribution in [0.4, 0.5) is 5.69 Å². The number of anilines is 1. The van der Waals surface area contributed by atoms with Crippen molar-refractivity contribution in [1.29, 1.82) is 0 Å². The molecule has 2 N–H and O–H groups in total. The summed E-state index contributed by atoms with van der Waals surface area (Å²) in [6, 6.07) is 5.27. The molecule has 6 nitrogen and oxygen atoms in total. The van der Waals surface area contributed by atoms with Gasteiger partial charge >= 0.3 is 0 Å². The lowest BCUT2D eigenvalue weighted by molar-refractivity contribution is 0.0945. The number of rotatable bonds is 6. The average molecular weight is 260 g/mol. The Morgan fingerprint density at radius 3 is 3.05 bits per heavy atom. The lowest BCUT2D eigenvalue weighted by atomic mass is 10.3. The predicted molar refractivity (Wildman–Crippen MR) is 70.7 cm³/mol. The highest BCUT2D eigenvalue weighted by Gasteiger charge is 2.08. The molecule has 0 aliphatic carbocycles. The van der Waals surface area contributed by atoms with Crippen molar-refractivity contribution in [3.63, 3.8) is 0 Å². The van der Waals surface area contributed by atoms with E-state index in [0.717, 1.165) is 18.7 Å². The van der Waals surface area contributed by atoms with Crippen molar-refractivity contribution >= 4 is 11.6 Å². The minimum absolute atomic E-state index is 0.233. The lowest BCUT2D eigenvalue weighted by Gasteiger charge is -2.06. The third kappa shape index (κ3) is 3.80. The van der Waals surface area contributed by atoms with Crippen molar-refractivity contribution in [2.45, 2.75) is 19.9 Å². The number of nitrogens with one attached hydrogen (secondary N) is 2. The molecule has 0 spiro atoms. The van der Waals surface area contributed by atoms with Crippen molar-refractivity contribution < 1.29 is 9.32 Å². The summed E-state index contributed by atoms with van der Waals surface area (Å²) in [5.41, 5.74) is 1.95. The summed E-state index contributed by atoms with van der Waals surface area (Å²) in [6.45, 7) is 3.27. The summed E-state index contributed by atoms with van der Waals surface area (Å²) in [5, 5.41) is 9.66. The smallest absolute Gasteiger partial charge is 0.270 e. The van der Waals surface area contributed by atoms with Gasteiger partial charge in [0.15, 0.2) is 0 Å². The van der Waals surface area contributed by atoms with Crippen LogP contribution < -0.4 is 10.6 Å². The Morgan fingerprint density at radius 2 is 2.32 bits per heavy atom. The van der Waals surface area contributed by atoms with Crippen LogP contribution in [0.15, 0.2) is 35.2 Å². The zero-order valence-electron chi connectivity index (χ0n) is 10.7. The fourth-order valence-corrected chi connectivity index (χ4v) is 1.52. The Morgan fingerprint density at radius 1 is 1.42 bits per heavy atom. The first-order chi connectivity index (χ1) is 9.29. The molecule has 0 fully saturated rings. The number of hydrogen-bond acceptors (Lipinski definition) is 5. The van der Waals surface area contributed by atoms with Gasteiger partial charge in [-0.2, -0.15) is 0 Å². The van der Waals surface area contributed by atoms with Crippen molar-refractivity contribution in [2.75, 3.05) is 11.9 Å². The number of hydrogen-bond donors (Lipinski definition) is 2. The van der Waals surface area contributed by atoms with Gasteiger partial charge in [-0.25, -0.2) is 0 Å². The Hall–Kier alpha value is -2.37. The zero-order valence-corrected chi connectivity index (χ0v) is 10.7. The predicted octanol–water partition coefficient (Wildman–Crippen LogP) is 1.82. The monoisotopic (exact) mass is 260 g/mol. The molecule has 0 saturated heterocycles. The van der Waals surface area contributed by atoms with E-state index in [2.05, 4.69) is 32.2 Å². The van der Waals surface area contributed by atoms with Gasteiger partial charge in [-0.1, -0.05) is 12.1 Å². The molecule has 2 heterocycles. The number of carbonyl (C=O) groups excluding carboxylic acids is 1. The van der Waals surface area contributed by atoms with Crippen molar-refractivity contribution in [3.05, 3.63) is 42.0 Å². The SMILES string of the molecule is CCCNc1ccnc(C(=O)NCc2ccon2)c1. The summed E-state index contributed by atoms with van der Waals surface area (Å²) in [6.07, 6.45) is 4.11. The fraction of sp³-hybridized carbons (Fsp3) is 0.308. The van der Waals surface area contributed by atoms with E-state index in [1.807, 2.05) is 6.07 Å². The molecular weight excluding hydrogens is 244 g/mol. The normalized spacial score (nSPS) is 10.2. The second kappa shape index (κ2) is 6.53.